The number of phenols is 2. The molecular weight excluding hydrogens is 755 g/mol. The first kappa shape index (κ1) is 39.1. The van der Waals surface area contributed by atoms with Gasteiger partial charge in [0.15, 0.2) is 11.5 Å². The van der Waals surface area contributed by atoms with E-state index in [1.54, 1.807) is 19.2 Å². The van der Waals surface area contributed by atoms with Gasteiger partial charge in [0, 0.05) is 59.3 Å². The molecule has 0 saturated heterocycles. The van der Waals surface area contributed by atoms with E-state index in [1.165, 1.54) is 19.6 Å². The third-order valence-corrected chi connectivity index (χ3v) is 13.3. The summed E-state index contributed by atoms with van der Waals surface area (Å²) in [7, 11) is 3.16. The summed E-state index contributed by atoms with van der Waals surface area (Å²) in [6.07, 6.45) is 4.77. The molecule has 60 heavy (non-hydrogen) atoms. The zero-order chi connectivity index (χ0) is 41.7. The van der Waals surface area contributed by atoms with Crippen LogP contribution in [0.4, 0.5) is 11.5 Å². The van der Waals surface area contributed by atoms with Gasteiger partial charge in [-0.05, 0) is 121 Å². The summed E-state index contributed by atoms with van der Waals surface area (Å²) in [5.74, 6) is 8.69. The van der Waals surface area contributed by atoms with E-state index in [0.717, 1.165) is 94.6 Å². The number of nitrogens with one attached hydrogen (secondary N) is 1. The Morgan fingerprint density at radius 3 is 2.60 bits per heavy atom. The van der Waals surface area contributed by atoms with Crippen molar-refractivity contribution in [2.24, 2.45) is 5.92 Å². The van der Waals surface area contributed by atoms with Crippen molar-refractivity contribution < 1.29 is 34.0 Å². The van der Waals surface area contributed by atoms with Crippen LogP contribution < -0.4 is 25.3 Å². The minimum Gasteiger partial charge on any atom is -0.508 e. The average molecular weight is 806 g/mol. The van der Waals surface area contributed by atoms with Crippen LogP contribution in [0.2, 0.25) is 0 Å². The number of hydrogen-bond acceptors (Lipinski definition) is 10. The van der Waals surface area contributed by atoms with Crippen molar-refractivity contribution in [1.29, 1.82) is 0 Å². The fourth-order valence-electron chi connectivity index (χ4n) is 10.8. The zero-order valence-corrected chi connectivity index (χ0v) is 34.6. The number of rotatable bonds is 9. The number of para-hydroxylation sites is 1. The highest BCUT2D eigenvalue weighted by Gasteiger charge is 2.52. The van der Waals surface area contributed by atoms with Crippen LogP contribution in [0.15, 0.2) is 72.8 Å². The number of nitrogen functional groups attached to an aromatic ring is 1. The standard InChI is InChI=1S/C50H51N3O7/c1-5-52-40-11-7-6-9-29(40)13-14-34-31-19-20-50(25-31)26-32-21-33(55)23-44(58-4)46(32)37-16-15-36-39(27-59-28(2)54)48(60-49(36)47(37)50)38-24-43(57-3)42(56)22-30(38)10-8-12-41-35(34)17-18-45(51)53-41/h6-7,9,11,15-18,21-24,31,34,39,48,52,55-56H,5,10,13-14,19-20,25-27H2,1-4H3,(H2,51,53). The monoisotopic (exact) mass is 805 g/mol. The molecule has 0 radical (unpaired) electrons. The predicted molar refractivity (Wildman–Crippen MR) is 231 cm³/mol. The number of aryl methyl sites for hydroxylation is 1. The Morgan fingerprint density at radius 2 is 1.80 bits per heavy atom. The van der Waals surface area contributed by atoms with Gasteiger partial charge >= 0.3 is 5.97 Å². The molecule has 5 aromatic rings. The molecule has 4 aromatic carbocycles. The number of carbonyl (C=O) groups excluding carboxylic acids is 1. The number of hydrogen-bond donors (Lipinski definition) is 4. The summed E-state index contributed by atoms with van der Waals surface area (Å²) in [6.45, 7) is 4.46. The van der Waals surface area contributed by atoms with Gasteiger partial charge in [-0.25, -0.2) is 4.98 Å². The van der Waals surface area contributed by atoms with Crippen LogP contribution in [0.5, 0.6) is 28.7 Å². The first-order valence-electron chi connectivity index (χ1n) is 21.0. The van der Waals surface area contributed by atoms with E-state index in [-0.39, 0.29) is 53.7 Å². The average Bonchev–Trinajstić information content (AvgIpc) is 3.82. The fourth-order valence-corrected chi connectivity index (χ4v) is 10.8. The maximum Gasteiger partial charge on any atom is 0.302 e. The topological polar surface area (TPSA) is 145 Å². The molecule has 4 aliphatic rings. The first-order chi connectivity index (χ1) is 29.1. The summed E-state index contributed by atoms with van der Waals surface area (Å²) in [4.78, 5) is 17.3. The van der Waals surface area contributed by atoms with Crippen LogP contribution >= 0.6 is 0 Å². The molecule has 9 rings (SSSR count). The molecule has 2 aliphatic carbocycles. The number of nitrogens with zero attached hydrogens (tertiary/aromatic N) is 1. The first-order valence-corrected chi connectivity index (χ1v) is 21.0. The van der Waals surface area contributed by atoms with Crippen LogP contribution in [0.1, 0.15) is 102 Å². The number of nitrogens with two attached hydrogens (primary N) is 1. The molecule has 10 heteroatoms. The summed E-state index contributed by atoms with van der Waals surface area (Å²) < 4.78 is 24.8. The third-order valence-electron chi connectivity index (χ3n) is 13.3. The van der Waals surface area contributed by atoms with Gasteiger partial charge in [0.05, 0.1) is 20.1 Å². The second-order valence-corrected chi connectivity index (χ2v) is 16.7. The molecule has 4 bridgehead atoms. The number of fused-ring (bicyclic) bond motifs is 7. The number of anilines is 2. The normalized spacial score (nSPS) is 21.7. The Kier molecular flexibility index (Phi) is 10.2. The number of benzene rings is 4. The Balaban J connectivity index is 1.28. The number of methoxy groups -OCH3 is 2. The van der Waals surface area contributed by atoms with Crippen molar-refractivity contribution in [3.8, 4) is 51.7 Å². The minimum atomic E-state index is -0.592. The van der Waals surface area contributed by atoms with Crippen LogP contribution in [-0.2, 0) is 34.2 Å². The molecule has 2 aliphatic heterocycles. The second kappa shape index (κ2) is 15.7. The van der Waals surface area contributed by atoms with Gasteiger partial charge in [0.25, 0.3) is 0 Å². The molecule has 1 spiro atoms. The number of esters is 1. The molecule has 5 unspecified atom stereocenters. The maximum atomic E-state index is 12.4. The van der Waals surface area contributed by atoms with Crippen molar-refractivity contribution in [1.82, 2.24) is 4.98 Å². The lowest BCUT2D eigenvalue weighted by molar-refractivity contribution is -0.141. The molecule has 1 fully saturated rings. The molecule has 1 saturated carbocycles. The van der Waals surface area contributed by atoms with Crippen molar-refractivity contribution in [2.45, 2.75) is 82.1 Å². The summed E-state index contributed by atoms with van der Waals surface area (Å²) >= 11 is 0. The van der Waals surface area contributed by atoms with Gasteiger partial charge < -0.3 is 40.2 Å². The number of aromatic nitrogens is 1. The fraction of sp³-hybridized carbons (Fsp3) is 0.360. The Morgan fingerprint density at radius 1 is 0.983 bits per heavy atom. The van der Waals surface area contributed by atoms with Crippen LogP contribution in [-0.4, -0.2) is 48.5 Å². The molecule has 3 heterocycles. The summed E-state index contributed by atoms with van der Waals surface area (Å²) in [5.41, 5.74) is 16.8. The van der Waals surface area contributed by atoms with Gasteiger partial charge in [-0.1, -0.05) is 42.3 Å². The van der Waals surface area contributed by atoms with E-state index < -0.39 is 6.10 Å². The van der Waals surface area contributed by atoms with Gasteiger partial charge in [-0.2, -0.15) is 0 Å². The smallest absolute Gasteiger partial charge is 0.302 e. The number of pyridine rings is 1. The summed E-state index contributed by atoms with van der Waals surface area (Å²) in [5, 5.41) is 25.7. The van der Waals surface area contributed by atoms with Crippen molar-refractivity contribution in [3.63, 3.8) is 0 Å². The molecule has 0 amide bonds. The number of carbonyl (C=O) groups is 1. The summed E-state index contributed by atoms with van der Waals surface area (Å²) in [6, 6.07) is 23.9. The van der Waals surface area contributed by atoms with Gasteiger partial charge in [-0.3, -0.25) is 4.79 Å². The third kappa shape index (κ3) is 6.80. The SMILES string of the molecule is CCNc1ccccc1CCC1c2ccc(N)nc2C#CCc2cc(O)c(OC)cc2C2Oc3c(ccc4c3C3(CCC1C3)Cc1cc(O)cc(OC)c1-4)C2COC(C)=O. The zero-order valence-electron chi connectivity index (χ0n) is 34.6. The van der Waals surface area contributed by atoms with E-state index in [9.17, 15) is 15.0 Å². The van der Waals surface area contributed by atoms with Crippen molar-refractivity contribution >= 4 is 17.5 Å². The highest BCUT2D eigenvalue weighted by Crippen LogP contribution is 2.63. The van der Waals surface area contributed by atoms with Gasteiger partial charge in [-0.15, -0.1) is 0 Å². The maximum absolute atomic E-state index is 12.4. The highest BCUT2D eigenvalue weighted by atomic mass is 16.5. The molecule has 1 aromatic heterocycles. The second-order valence-electron chi connectivity index (χ2n) is 16.7. The Bertz CT molecular complexity index is 2580. The minimum absolute atomic E-state index is 0.00992. The largest absolute Gasteiger partial charge is 0.508 e. The number of aromatic hydroxyl groups is 2. The Hall–Kier alpha value is -6.34. The molecule has 5 atom stereocenters. The van der Waals surface area contributed by atoms with E-state index >= 15 is 0 Å². The highest BCUT2D eigenvalue weighted by molar-refractivity contribution is 5.84. The molecule has 5 N–H and O–H groups in total. The molecule has 10 nitrogen and oxygen atoms in total. The molecular formula is C50H51N3O7. The lowest BCUT2D eigenvalue weighted by atomic mass is 9.64. The van der Waals surface area contributed by atoms with Gasteiger partial charge in [0.2, 0.25) is 0 Å². The lowest BCUT2D eigenvalue weighted by Gasteiger charge is -2.39. The van der Waals surface area contributed by atoms with Gasteiger partial charge in [0.1, 0.15) is 41.5 Å². The molecule has 308 valence electrons. The van der Waals surface area contributed by atoms with Crippen molar-refractivity contribution in [3.05, 3.63) is 117 Å². The number of phenolic OH excluding ortho intramolecular Hbond substituents is 2. The quantitative estimate of drug-likeness (QED) is 0.0842. The van der Waals surface area contributed by atoms with E-state index in [2.05, 4.69) is 66.5 Å². The van der Waals surface area contributed by atoms with Crippen molar-refractivity contribution in [2.75, 3.05) is 38.4 Å². The van der Waals surface area contributed by atoms with Crippen LogP contribution in [0.3, 0.4) is 0 Å². The Labute approximate surface area is 351 Å². The van der Waals surface area contributed by atoms with E-state index in [0.29, 0.717) is 29.4 Å². The predicted octanol–water partition coefficient (Wildman–Crippen LogP) is 8.89. The van der Waals surface area contributed by atoms with Crippen LogP contribution in [0.25, 0.3) is 11.1 Å². The van der Waals surface area contributed by atoms with E-state index in [1.807, 2.05) is 18.2 Å². The number of ether oxygens (including phenoxy) is 4. The van der Waals surface area contributed by atoms with E-state index in [4.69, 9.17) is 29.7 Å². The lowest BCUT2D eigenvalue weighted by Crippen LogP contribution is -2.31. The van der Waals surface area contributed by atoms with Crippen LogP contribution in [0, 0.1) is 17.8 Å².